The second-order valence-electron chi connectivity index (χ2n) is 3.98. The highest BCUT2D eigenvalue weighted by Crippen LogP contribution is 2.16. The van der Waals surface area contributed by atoms with Gasteiger partial charge in [0.05, 0.1) is 6.20 Å². The Morgan fingerprint density at radius 3 is 3.06 bits per heavy atom. The van der Waals surface area contributed by atoms with Crippen LogP contribution in [0, 0.1) is 0 Å². The highest BCUT2D eigenvalue weighted by atomic mass is 79.9. The maximum atomic E-state index is 4.30. The van der Waals surface area contributed by atoms with Crippen LogP contribution in [0.3, 0.4) is 0 Å². The lowest BCUT2D eigenvalue weighted by Crippen LogP contribution is -1.99. The molecule has 3 nitrogen and oxygen atoms in total. The summed E-state index contributed by atoms with van der Waals surface area (Å²) in [6.07, 6.45) is 5.12. The Morgan fingerprint density at radius 2 is 2.29 bits per heavy atom. The Hall–Kier alpha value is -1.29. The molecule has 0 aliphatic heterocycles. The third-order valence-corrected chi connectivity index (χ3v) is 2.95. The molecule has 0 radical (unpaired) electrons. The summed E-state index contributed by atoms with van der Waals surface area (Å²) < 4.78 is 3.07. The molecule has 1 heterocycles. The summed E-state index contributed by atoms with van der Waals surface area (Å²) >= 11 is 3.46. The molecule has 2 rings (SSSR count). The summed E-state index contributed by atoms with van der Waals surface area (Å²) in [5, 5.41) is 7.68. The van der Waals surface area contributed by atoms with E-state index in [4.69, 9.17) is 0 Å². The molecule has 1 aromatic heterocycles. The summed E-state index contributed by atoms with van der Waals surface area (Å²) in [4.78, 5) is 0. The van der Waals surface area contributed by atoms with Gasteiger partial charge >= 0.3 is 0 Å². The SMILES string of the molecule is CCCn1cc(CNc2cccc(Br)c2)cn1. The normalized spacial score (nSPS) is 10.5. The Balaban J connectivity index is 1.93. The number of rotatable bonds is 5. The van der Waals surface area contributed by atoms with Crippen molar-refractivity contribution in [2.24, 2.45) is 0 Å². The average molecular weight is 294 g/mol. The topological polar surface area (TPSA) is 29.9 Å². The van der Waals surface area contributed by atoms with Crippen LogP contribution in [0.25, 0.3) is 0 Å². The summed E-state index contributed by atoms with van der Waals surface area (Å²) in [5.41, 5.74) is 2.32. The van der Waals surface area contributed by atoms with Crippen molar-refractivity contribution in [1.29, 1.82) is 0 Å². The number of hydrogen-bond acceptors (Lipinski definition) is 2. The van der Waals surface area contributed by atoms with E-state index in [0.717, 1.165) is 29.7 Å². The zero-order valence-electron chi connectivity index (χ0n) is 9.86. The van der Waals surface area contributed by atoms with Crippen molar-refractivity contribution in [3.63, 3.8) is 0 Å². The molecule has 0 aliphatic carbocycles. The Morgan fingerprint density at radius 1 is 1.41 bits per heavy atom. The zero-order chi connectivity index (χ0) is 12.1. The number of benzene rings is 1. The first-order valence-electron chi connectivity index (χ1n) is 5.78. The van der Waals surface area contributed by atoms with Crippen LogP contribution in [0.5, 0.6) is 0 Å². The number of aromatic nitrogens is 2. The molecule has 0 amide bonds. The highest BCUT2D eigenvalue weighted by Gasteiger charge is 1.98. The lowest BCUT2D eigenvalue weighted by Gasteiger charge is -2.04. The largest absolute Gasteiger partial charge is 0.381 e. The van der Waals surface area contributed by atoms with E-state index < -0.39 is 0 Å². The molecule has 17 heavy (non-hydrogen) atoms. The van der Waals surface area contributed by atoms with Crippen LogP contribution in [0.1, 0.15) is 18.9 Å². The molecule has 0 bridgehead atoms. The summed E-state index contributed by atoms with van der Waals surface area (Å²) in [7, 11) is 0. The lowest BCUT2D eigenvalue weighted by atomic mass is 10.3. The van der Waals surface area contributed by atoms with Gasteiger partial charge in [0.25, 0.3) is 0 Å². The minimum Gasteiger partial charge on any atom is -0.381 e. The van der Waals surface area contributed by atoms with Crippen molar-refractivity contribution < 1.29 is 0 Å². The number of aryl methyl sites for hydroxylation is 1. The average Bonchev–Trinajstić information content (AvgIpc) is 2.75. The van der Waals surface area contributed by atoms with Crippen LogP contribution in [-0.4, -0.2) is 9.78 Å². The number of hydrogen-bond donors (Lipinski definition) is 1. The van der Waals surface area contributed by atoms with Crippen molar-refractivity contribution in [3.05, 3.63) is 46.7 Å². The van der Waals surface area contributed by atoms with E-state index in [2.05, 4.69) is 51.6 Å². The fourth-order valence-corrected chi connectivity index (χ4v) is 2.05. The predicted molar refractivity (Wildman–Crippen MR) is 74.0 cm³/mol. The molecule has 0 spiro atoms. The molecule has 4 heteroatoms. The smallest absolute Gasteiger partial charge is 0.0539 e. The van der Waals surface area contributed by atoms with E-state index in [1.165, 1.54) is 5.56 Å². The first kappa shape index (κ1) is 12.2. The molecule has 0 unspecified atom stereocenters. The fraction of sp³-hybridized carbons (Fsp3) is 0.308. The van der Waals surface area contributed by atoms with Gasteiger partial charge in [-0.3, -0.25) is 4.68 Å². The standard InChI is InChI=1S/C13H16BrN3/c1-2-6-17-10-11(9-16-17)8-15-13-5-3-4-12(14)7-13/h3-5,7,9-10,15H,2,6,8H2,1H3. The van der Waals surface area contributed by atoms with Gasteiger partial charge in [-0.2, -0.15) is 5.10 Å². The van der Waals surface area contributed by atoms with Gasteiger partial charge in [-0.25, -0.2) is 0 Å². The van der Waals surface area contributed by atoms with Gasteiger partial charge in [0.2, 0.25) is 0 Å². The summed E-state index contributed by atoms with van der Waals surface area (Å²) in [5.74, 6) is 0. The molecule has 90 valence electrons. The van der Waals surface area contributed by atoms with E-state index >= 15 is 0 Å². The lowest BCUT2D eigenvalue weighted by molar-refractivity contribution is 0.602. The van der Waals surface area contributed by atoms with Gasteiger partial charge in [0.15, 0.2) is 0 Å². The van der Waals surface area contributed by atoms with Gasteiger partial charge in [-0.15, -0.1) is 0 Å². The maximum Gasteiger partial charge on any atom is 0.0539 e. The molecule has 0 fully saturated rings. The van der Waals surface area contributed by atoms with Gasteiger partial charge in [0, 0.05) is 35.0 Å². The first-order chi connectivity index (χ1) is 8.28. The van der Waals surface area contributed by atoms with Gasteiger partial charge < -0.3 is 5.32 Å². The van der Waals surface area contributed by atoms with Gasteiger partial charge in [0.1, 0.15) is 0 Å². The molecule has 1 aromatic carbocycles. The van der Waals surface area contributed by atoms with Gasteiger partial charge in [-0.1, -0.05) is 28.9 Å². The number of halogens is 1. The van der Waals surface area contributed by atoms with Crippen molar-refractivity contribution >= 4 is 21.6 Å². The second kappa shape index (κ2) is 5.87. The number of nitrogens with zero attached hydrogens (tertiary/aromatic N) is 2. The minimum absolute atomic E-state index is 0.806. The summed E-state index contributed by atoms with van der Waals surface area (Å²) in [6.45, 7) is 3.94. The van der Waals surface area contributed by atoms with E-state index in [1.807, 2.05) is 23.0 Å². The third kappa shape index (κ3) is 3.60. The Kier molecular flexibility index (Phi) is 4.20. The molecular formula is C13H16BrN3. The van der Waals surface area contributed by atoms with Crippen LogP contribution in [0.15, 0.2) is 41.1 Å². The zero-order valence-corrected chi connectivity index (χ0v) is 11.4. The fourth-order valence-electron chi connectivity index (χ4n) is 1.65. The van der Waals surface area contributed by atoms with Crippen LogP contribution in [0.2, 0.25) is 0 Å². The predicted octanol–water partition coefficient (Wildman–Crippen LogP) is 3.67. The molecule has 0 aliphatic rings. The van der Waals surface area contributed by atoms with E-state index in [-0.39, 0.29) is 0 Å². The number of anilines is 1. The first-order valence-corrected chi connectivity index (χ1v) is 6.58. The third-order valence-electron chi connectivity index (χ3n) is 2.46. The van der Waals surface area contributed by atoms with Crippen LogP contribution in [-0.2, 0) is 13.1 Å². The van der Waals surface area contributed by atoms with Crippen molar-refractivity contribution in [1.82, 2.24) is 9.78 Å². The molecular weight excluding hydrogens is 278 g/mol. The molecule has 0 saturated carbocycles. The van der Waals surface area contributed by atoms with Crippen LogP contribution >= 0.6 is 15.9 Å². The molecule has 0 saturated heterocycles. The van der Waals surface area contributed by atoms with Crippen molar-refractivity contribution in [2.75, 3.05) is 5.32 Å². The molecule has 1 N–H and O–H groups in total. The van der Waals surface area contributed by atoms with E-state index in [1.54, 1.807) is 0 Å². The van der Waals surface area contributed by atoms with Crippen LogP contribution < -0.4 is 5.32 Å². The highest BCUT2D eigenvalue weighted by molar-refractivity contribution is 9.10. The quantitative estimate of drug-likeness (QED) is 0.912. The van der Waals surface area contributed by atoms with Crippen molar-refractivity contribution in [2.45, 2.75) is 26.4 Å². The summed E-state index contributed by atoms with van der Waals surface area (Å²) in [6, 6.07) is 8.16. The monoisotopic (exact) mass is 293 g/mol. The Bertz CT molecular complexity index is 479. The number of nitrogens with one attached hydrogen (secondary N) is 1. The molecule has 2 aromatic rings. The molecule has 0 atom stereocenters. The van der Waals surface area contributed by atoms with Gasteiger partial charge in [-0.05, 0) is 24.6 Å². The van der Waals surface area contributed by atoms with E-state index in [9.17, 15) is 0 Å². The van der Waals surface area contributed by atoms with Crippen LogP contribution in [0.4, 0.5) is 5.69 Å². The van der Waals surface area contributed by atoms with E-state index in [0.29, 0.717) is 0 Å². The Labute approximate surface area is 110 Å². The maximum absolute atomic E-state index is 4.30. The van der Waals surface area contributed by atoms with Crippen molar-refractivity contribution in [3.8, 4) is 0 Å². The minimum atomic E-state index is 0.806. The second-order valence-corrected chi connectivity index (χ2v) is 4.89.